The largest absolute Gasteiger partial charge is 0.0620 e. The Morgan fingerprint density at radius 1 is 0.450 bits per heavy atom. The number of hydrogen-bond acceptors (Lipinski definition) is 0. The molecular weight excluding hydrogens is 240 g/mol. The van der Waals surface area contributed by atoms with Crippen molar-refractivity contribution in [2.75, 3.05) is 0 Å². The Morgan fingerprint density at radius 3 is 0.950 bits per heavy atom. The SMILES string of the molecule is CC1C(C)C(C)C2C(C1C)C(C)C(C)(C)C(C)(C)C2C. The van der Waals surface area contributed by atoms with Crippen LogP contribution in [0.15, 0.2) is 0 Å². The van der Waals surface area contributed by atoms with E-state index in [2.05, 4.69) is 69.2 Å². The molecule has 0 N–H and O–H groups in total. The van der Waals surface area contributed by atoms with Crippen LogP contribution in [-0.2, 0) is 0 Å². The van der Waals surface area contributed by atoms with Crippen molar-refractivity contribution >= 4 is 0 Å². The van der Waals surface area contributed by atoms with Crippen LogP contribution in [0.4, 0.5) is 0 Å². The summed E-state index contributed by atoms with van der Waals surface area (Å²) in [7, 11) is 0. The van der Waals surface area contributed by atoms with Gasteiger partial charge in [-0.25, -0.2) is 0 Å². The molecule has 0 saturated heterocycles. The van der Waals surface area contributed by atoms with Crippen molar-refractivity contribution in [3.8, 4) is 0 Å². The van der Waals surface area contributed by atoms with Crippen molar-refractivity contribution in [2.45, 2.75) is 69.2 Å². The minimum Gasteiger partial charge on any atom is -0.0620 e. The van der Waals surface area contributed by atoms with Gasteiger partial charge in [0.2, 0.25) is 0 Å². The summed E-state index contributed by atoms with van der Waals surface area (Å²) in [5, 5.41) is 0. The van der Waals surface area contributed by atoms with E-state index >= 15 is 0 Å². The number of fused-ring (bicyclic) bond motifs is 1. The molecule has 0 bridgehead atoms. The second kappa shape index (κ2) is 4.75. The highest BCUT2D eigenvalue weighted by Crippen LogP contribution is 2.66. The summed E-state index contributed by atoms with van der Waals surface area (Å²) < 4.78 is 0. The molecule has 0 spiro atoms. The van der Waals surface area contributed by atoms with E-state index in [-0.39, 0.29) is 0 Å². The van der Waals surface area contributed by atoms with Crippen LogP contribution >= 0.6 is 0 Å². The molecule has 0 aromatic rings. The van der Waals surface area contributed by atoms with Gasteiger partial charge in [0.15, 0.2) is 0 Å². The lowest BCUT2D eigenvalue weighted by molar-refractivity contribution is -0.179. The van der Waals surface area contributed by atoms with Gasteiger partial charge in [0.1, 0.15) is 0 Å². The normalized spacial score (nSPS) is 54.3. The Morgan fingerprint density at radius 2 is 0.700 bits per heavy atom. The van der Waals surface area contributed by atoms with Crippen molar-refractivity contribution in [2.24, 2.45) is 58.2 Å². The molecule has 0 aliphatic heterocycles. The summed E-state index contributed by atoms with van der Waals surface area (Å²) in [6.07, 6.45) is 0. The predicted molar refractivity (Wildman–Crippen MR) is 89.5 cm³/mol. The van der Waals surface area contributed by atoms with Gasteiger partial charge in [0, 0.05) is 0 Å². The molecule has 0 aromatic carbocycles. The van der Waals surface area contributed by atoms with Gasteiger partial charge in [-0.3, -0.25) is 0 Å². The quantitative estimate of drug-likeness (QED) is 0.501. The fraction of sp³-hybridized carbons (Fsp3) is 1.00. The average molecular weight is 279 g/mol. The molecule has 2 aliphatic rings. The highest BCUT2D eigenvalue weighted by molar-refractivity contribution is 5.08. The van der Waals surface area contributed by atoms with Crippen molar-refractivity contribution in [3.05, 3.63) is 0 Å². The molecule has 2 saturated carbocycles. The third kappa shape index (κ3) is 1.85. The van der Waals surface area contributed by atoms with Crippen LogP contribution in [-0.4, -0.2) is 0 Å². The second-order valence-corrected chi connectivity index (χ2v) is 9.61. The van der Waals surface area contributed by atoms with Crippen molar-refractivity contribution < 1.29 is 0 Å². The molecule has 8 unspecified atom stereocenters. The minimum absolute atomic E-state index is 0.432. The zero-order valence-corrected chi connectivity index (χ0v) is 15.6. The first-order valence-electron chi connectivity index (χ1n) is 8.96. The Labute approximate surface area is 128 Å². The van der Waals surface area contributed by atoms with E-state index in [0.29, 0.717) is 10.8 Å². The molecule has 8 atom stereocenters. The average Bonchev–Trinajstić information content (AvgIpc) is 2.37. The van der Waals surface area contributed by atoms with E-state index in [4.69, 9.17) is 0 Å². The lowest BCUT2D eigenvalue weighted by atomic mass is 9.39. The van der Waals surface area contributed by atoms with E-state index < -0.39 is 0 Å². The molecule has 2 aliphatic carbocycles. The van der Waals surface area contributed by atoms with Gasteiger partial charge in [-0.15, -0.1) is 0 Å². The monoisotopic (exact) mass is 278 g/mol. The third-order valence-electron chi connectivity index (χ3n) is 9.24. The molecule has 0 radical (unpaired) electrons. The molecule has 118 valence electrons. The summed E-state index contributed by atoms with van der Waals surface area (Å²) in [6.45, 7) is 25.3. The molecule has 0 nitrogen and oxygen atoms in total. The maximum Gasteiger partial charge on any atom is -0.0272 e. The van der Waals surface area contributed by atoms with Crippen LogP contribution in [0, 0.1) is 58.2 Å². The van der Waals surface area contributed by atoms with E-state index in [1.807, 2.05) is 0 Å². The highest BCUT2D eigenvalue weighted by atomic mass is 14.6. The summed E-state index contributed by atoms with van der Waals surface area (Å²) in [6, 6.07) is 0. The van der Waals surface area contributed by atoms with Crippen LogP contribution in [0.5, 0.6) is 0 Å². The van der Waals surface area contributed by atoms with Crippen LogP contribution in [0.3, 0.4) is 0 Å². The van der Waals surface area contributed by atoms with Gasteiger partial charge >= 0.3 is 0 Å². The lowest BCUT2D eigenvalue weighted by Gasteiger charge is -2.66. The molecular formula is C20H38. The molecule has 0 heterocycles. The van der Waals surface area contributed by atoms with Crippen LogP contribution in [0.1, 0.15) is 69.2 Å². The van der Waals surface area contributed by atoms with Gasteiger partial charge in [-0.2, -0.15) is 0 Å². The molecule has 0 amide bonds. The van der Waals surface area contributed by atoms with Crippen LogP contribution < -0.4 is 0 Å². The molecule has 20 heavy (non-hydrogen) atoms. The van der Waals surface area contributed by atoms with E-state index in [1.54, 1.807) is 0 Å². The number of hydrogen-bond donors (Lipinski definition) is 0. The second-order valence-electron chi connectivity index (χ2n) is 9.61. The van der Waals surface area contributed by atoms with E-state index in [1.165, 1.54) is 0 Å². The van der Waals surface area contributed by atoms with Crippen LogP contribution in [0.25, 0.3) is 0 Å². The first kappa shape index (κ1) is 16.4. The Bertz CT molecular complexity index is 328. The molecule has 0 aromatic heterocycles. The predicted octanol–water partition coefficient (Wildman–Crippen LogP) is 6.12. The fourth-order valence-corrected chi connectivity index (χ4v) is 6.07. The van der Waals surface area contributed by atoms with Crippen molar-refractivity contribution in [1.29, 1.82) is 0 Å². The highest BCUT2D eigenvalue weighted by Gasteiger charge is 2.60. The Hall–Kier alpha value is 0. The first-order chi connectivity index (χ1) is 8.96. The van der Waals surface area contributed by atoms with Gasteiger partial charge < -0.3 is 0 Å². The van der Waals surface area contributed by atoms with Crippen molar-refractivity contribution in [1.82, 2.24) is 0 Å². The third-order valence-corrected chi connectivity index (χ3v) is 9.24. The summed E-state index contributed by atoms with van der Waals surface area (Å²) in [5.41, 5.74) is 0.865. The lowest BCUT2D eigenvalue weighted by Crippen LogP contribution is -2.60. The fourth-order valence-electron chi connectivity index (χ4n) is 6.07. The molecule has 0 heteroatoms. The minimum atomic E-state index is 0.432. The summed E-state index contributed by atoms with van der Waals surface area (Å²) in [5.74, 6) is 6.97. The van der Waals surface area contributed by atoms with Gasteiger partial charge in [0.05, 0.1) is 0 Å². The van der Waals surface area contributed by atoms with Gasteiger partial charge in [-0.1, -0.05) is 69.2 Å². The van der Waals surface area contributed by atoms with E-state index in [9.17, 15) is 0 Å². The maximum atomic E-state index is 2.55. The Kier molecular flexibility index (Phi) is 3.89. The zero-order chi connectivity index (χ0) is 15.6. The molecule has 2 rings (SSSR count). The van der Waals surface area contributed by atoms with Gasteiger partial charge in [0.25, 0.3) is 0 Å². The Balaban J connectivity index is 2.50. The maximum absolute atomic E-state index is 2.55. The van der Waals surface area contributed by atoms with Crippen LogP contribution in [0.2, 0.25) is 0 Å². The summed E-state index contributed by atoms with van der Waals surface area (Å²) >= 11 is 0. The van der Waals surface area contributed by atoms with Crippen molar-refractivity contribution in [3.63, 3.8) is 0 Å². The van der Waals surface area contributed by atoms with Gasteiger partial charge in [-0.05, 0) is 58.2 Å². The summed E-state index contributed by atoms with van der Waals surface area (Å²) in [4.78, 5) is 0. The zero-order valence-electron chi connectivity index (χ0n) is 15.6. The first-order valence-corrected chi connectivity index (χ1v) is 8.96. The number of rotatable bonds is 0. The smallest absolute Gasteiger partial charge is 0.0272 e. The standard InChI is InChI=1S/C20H38/c1-11-12(2)14(4)18-16(6)20(9,10)19(7,8)15(5)17(18)13(11)3/h11-18H,1-10H3. The topological polar surface area (TPSA) is 0 Å². The molecule has 2 fully saturated rings. The van der Waals surface area contributed by atoms with E-state index in [0.717, 1.165) is 47.3 Å².